The molecule has 0 bridgehead atoms. The van der Waals surface area contributed by atoms with Gasteiger partial charge in [-0.25, -0.2) is 0 Å². The van der Waals surface area contributed by atoms with E-state index in [-0.39, 0.29) is 18.1 Å². The Morgan fingerprint density at radius 3 is 2.84 bits per heavy atom. The second-order valence-electron chi connectivity index (χ2n) is 5.71. The number of phenolic OH excluding ortho intramolecular Hbond substituents is 2. The van der Waals surface area contributed by atoms with Crippen LogP contribution >= 0.6 is 0 Å². The Morgan fingerprint density at radius 2 is 2.05 bits per heavy atom. The first kappa shape index (κ1) is 12.8. The molecule has 104 valence electrons. The third-order valence-electron chi connectivity index (χ3n) is 4.67. The summed E-state index contributed by atoms with van der Waals surface area (Å²) in [6.07, 6.45) is 4.06. The molecule has 0 amide bonds. The average Bonchev–Trinajstić information content (AvgIpc) is 2.42. The highest BCUT2D eigenvalue weighted by Crippen LogP contribution is 2.41. The maximum Gasteiger partial charge on any atom is 0.160 e. The number of aliphatic hydroxyl groups is 1. The van der Waals surface area contributed by atoms with E-state index in [1.54, 1.807) is 6.07 Å². The highest BCUT2D eigenvalue weighted by atomic mass is 16.3. The fourth-order valence-electron chi connectivity index (χ4n) is 3.73. The number of benzene rings is 1. The summed E-state index contributed by atoms with van der Waals surface area (Å²) in [6.45, 7) is 2.00. The van der Waals surface area contributed by atoms with E-state index in [0.29, 0.717) is 12.0 Å². The quantitative estimate of drug-likeness (QED) is 0.703. The number of likely N-dealkylation sites (tertiary alicyclic amines) is 1. The van der Waals surface area contributed by atoms with Gasteiger partial charge in [-0.2, -0.15) is 0 Å². The van der Waals surface area contributed by atoms with Crippen molar-refractivity contribution >= 4 is 0 Å². The Balaban J connectivity index is 1.90. The molecule has 0 radical (unpaired) electrons. The molecule has 1 aliphatic heterocycles. The van der Waals surface area contributed by atoms with Crippen LogP contribution in [0.3, 0.4) is 0 Å². The van der Waals surface area contributed by atoms with Gasteiger partial charge in [0.25, 0.3) is 0 Å². The SMILES string of the molecule is OCCN1CCC[C@@H]2Cc3c(ccc(O)c3O)CC21. The van der Waals surface area contributed by atoms with Gasteiger partial charge in [0.2, 0.25) is 0 Å². The first-order chi connectivity index (χ1) is 9.20. The number of piperidine rings is 1. The summed E-state index contributed by atoms with van der Waals surface area (Å²) in [5.41, 5.74) is 2.06. The summed E-state index contributed by atoms with van der Waals surface area (Å²) in [5.74, 6) is 0.580. The smallest absolute Gasteiger partial charge is 0.160 e. The Bertz CT molecular complexity index is 473. The van der Waals surface area contributed by atoms with Gasteiger partial charge in [-0.3, -0.25) is 4.90 Å². The second-order valence-corrected chi connectivity index (χ2v) is 5.71. The normalized spacial score (nSPS) is 26.8. The van der Waals surface area contributed by atoms with E-state index < -0.39 is 0 Å². The summed E-state index contributed by atoms with van der Waals surface area (Å²) in [6, 6.07) is 3.97. The molecule has 3 rings (SSSR count). The number of β-amino-alcohol motifs (C(OH)–C–C–N with tert-alkyl or cyclic N) is 1. The highest BCUT2D eigenvalue weighted by Gasteiger charge is 2.36. The number of phenols is 2. The molecule has 1 saturated heterocycles. The van der Waals surface area contributed by atoms with Gasteiger partial charge < -0.3 is 15.3 Å². The molecule has 1 aromatic carbocycles. The molecule has 4 heteroatoms. The van der Waals surface area contributed by atoms with Gasteiger partial charge in [0.1, 0.15) is 0 Å². The van der Waals surface area contributed by atoms with Crippen LogP contribution in [0.5, 0.6) is 11.5 Å². The van der Waals surface area contributed by atoms with E-state index in [4.69, 9.17) is 5.11 Å². The molecule has 1 aromatic rings. The van der Waals surface area contributed by atoms with Crippen LogP contribution in [0.1, 0.15) is 24.0 Å². The molecular formula is C15H21NO3. The van der Waals surface area contributed by atoms with Gasteiger partial charge >= 0.3 is 0 Å². The lowest BCUT2D eigenvalue weighted by Gasteiger charge is -2.44. The monoisotopic (exact) mass is 263 g/mol. The lowest BCUT2D eigenvalue weighted by atomic mass is 9.75. The molecule has 2 atom stereocenters. The first-order valence-corrected chi connectivity index (χ1v) is 7.08. The van der Waals surface area contributed by atoms with Crippen molar-refractivity contribution in [3.63, 3.8) is 0 Å². The van der Waals surface area contributed by atoms with Gasteiger partial charge in [0.15, 0.2) is 11.5 Å². The standard InChI is InChI=1S/C15H21NO3/c17-7-6-16-5-1-2-11-8-12-10(9-13(11)16)3-4-14(18)15(12)19/h3-4,11,13,17-19H,1-2,5-9H2/t11-,13?/m1/s1. The number of hydrogen-bond acceptors (Lipinski definition) is 4. The molecule has 1 aliphatic carbocycles. The number of aromatic hydroxyl groups is 2. The van der Waals surface area contributed by atoms with E-state index in [2.05, 4.69) is 4.90 Å². The van der Waals surface area contributed by atoms with E-state index in [1.807, 2.05) is 6.07 Å². The highest BCUT2D eigenvalue weighted by molar-refractivity contribution is 5.50. The summed E-state index contributed by atoms with van der Waals surface area (Å²) in [5, 5.41) is 28.8. The molecule has 0 saturated carbocycles. The summed E-state index contributed by atoms with van der Waals surface area (Å²) in [4.78, 5) is 2.38. The molecule has 0 aromatic heterocycles. The van der Waals surface area contributed by atoms with Crippen LogP contribution in [0.4, 0.5) is 0 Å². The zero-order valence-corrected chi connectivity index (χ0v) is 11.0. The average molecular weight is 263 g/mol. The first-order valence-electron chi connectivity index (χ1n) is 7.08. The number of nitrogens with zero attached hydrogens (tertiary/aromatic N) is 1. The summed E-state index contributed by atoms with van der Waals surface area (Å²) < 4.78 is 0. The van der Waals surface area contributed by atoms with Crippen molar-refractivity contribution in [2.24, 2.45) is 5.92 Å². The Hall–Kier alpha value is -1.26. The lowest BCUT2D eigenvalue weighted by molar-refractivity contribution is 0.0672. The minimum absolute atomic E-state index is 0.0137. The fraction of sp³-hybridized carbons (Fsp3) is 0.600. The lowest BCUT2D eigenvalue weighted by Crippen LogP contribution is -2.50. The van der Waals surface area contributed by atoms with Crippen molar-refractivity contribution in [3.05, 3.63) is 23.3 Å². The molecule has 4 nitrogen and oxygen atoms in total. The zero-order valence-electron chi connectivity index (χ0n) is 11.0. The molecular weight excluding hydrogens is 242 g/mol. The van der Waals surface area contributed by atoms with E-state index in [1.165, 1.54) is 6.42 Å². The third kappa shape index (κ3) is 2.19. The van der Waals surface area contributed by atoms with Gasteiger partial charge in [-0.1, -0.05) is 6.07 Å². The van der Waals surface area contributed by atoms with Crippen LogP contribution < -0.4 is 0 Å². The topological polar surface area (TPSA) is 63.9 Å². The van der Waals surface area contributed by atoms with E-state index in [9.17, 15) is 10.2 Å². The van der Waals surface area contributed by atoms with Crippen molar-refractivity contribution in [1.29, 1.82) is 0 Å². The van der Waals surface area contributed by atoms with Crippen molar-refractivity contribution in [3.8, 4) is 11.5 Å². The summed E-state index contributed by atoms with van der Waals surface area (Å²) >= 11 is 0. The van der Waals surface area contributed by atoms with Crippen LogP contribution in [0.15, 0.2) is 12.1 Å². The van der Waals surface area contributed by atoms with Crippen LogP contribution in [0.2, 0.25) is 0 Å². The van der Waals surface area contributed by atoms with Gasteiger partial charge in [0, 0.05) is 18.2 Å². The predicted molar refractivity (Wildman–Crippen MR) is 72.4 cm³/mol. The van der Waals surface area contributed by atoms with Gasteiger partial charge in [0.05, 0.1) is 6.61 Å². The Morgan fingerprint density at radius 1 is 1.21 bits per heavy atom. The fourth-order valence-corrected chi connectivity index (χ4v) is 3.73. The largest absolute Gasteiger partial charge is 0.504 e. The molecule has 1 unspecified atom stereocenters. The molecule has 1 heterocycles. The Kier molecular flexibility index (Phi) is 3.37. The zero-order chi connectivity index (χ0) is 13.4. The van der Waals surface area contributed by atoms with Crippen molar-refractivity contribution in [1.82, 2.24) is 4.90 Å². The van der Waals surface area contributed by atoms with E-state index in [0.717, 1.165) is 43.5 Å². The molecule has 2 aliphatic rings. The maximum atomic E-state index is 10.00. The van der Waals surface area contributed by atoms with E-state index >= 15 is 0 Å². The predicted octanol–water partition coefficient (Wildman–Crippen LogP) is 1.27. The molecule has 1 fully saturated rings. The second kappa shape index (κ2) is 5.02. The van der Waals surface area contributed by atoms with Crippen LogP contribution in [-0.4, -0.2) is 46.0 Å². The van der Waals surface area contributed by atoms with Crippen LogP contribution in [-0.2, 0) is 12.8 Å². The molecule has 0 spiro atoms. The van der Waals surface area contributed by atoms with Crippen molar-refractivity contribution in [2.75, 3.05) is 19.7 Å². The summed E-state index contributed by atoms with van der Waals surface area (Å²) in [7, 11) is 0. The Labute approximate surface area is 113 Å². The minimum Gasteiger partial charge on any atom is -0.504 e. The third-order valence-corrected chi connectivity index (χ3v) is 4.67. The van der Waals surface area contributed by atoms with Crippen LogP contribution in [0, 0.1) is 5.92 Å². The van der Waals surface area contributed by atoms with Gasteiger partial charge in [-0.15, -0.1) is 0 Å². The molecule has 3 N–H and O–H groups in total. The van der Waals surface area contributed by atoms with Crippen molar-refractivity contribution < 1.29 is 15.3 Å². The number of rotatable bonds is 2. The minimum atomic E-state index is -0.0137. The van der Waals surface area contributed by atoms with Crippen LogP contribution in [0.25, 0.3) is 0 Å². The number of aliphatic hydroxyl groups excluding tert-OH is 1. The number of fused-ring (bicyclic) bond motifs is 2. The van der Waals surface area contributed by atoms with Crippen molar-refractivity contribution in [2.45, 2.75) is 31.7 Å². The molecule has 19 heavy (non-hydrogen) atoms. The van der Waals surface area contributed by atoms with Gasteiger partial charge in [-0.05, 0) is 49.8 Å². The number of hydrogen-bond donors (Lipinski definition) is 3. The maximum absolute atomic E-state index is 10.00.